The van der Waals surface area contributed by atoms with Crippen molar-refractivity contribution in [2.45, 2.75) is 37.6 Å². The van der Waals surface area contributed by atoms with Crippen LogP contribution in [0.1, 0.15) is 26.7 Å². The first kappa shape index (κ1) is 23.7. The van der Waals surface area contributed by atoms with E-state index in [1.54, 1.807) is 24.1 Å². The number of sulfone groups is 1. The summed E-state index contributed by atoms with van der Waals surface area (Å²) in [4.78, 5) is 13.9. The molecule has 0 bridgehead atoms. The molecular formula is C17H29ClN2O4S. The second kappa shape index (κ2) is 10.6. The van der Waals surface area contributed by atoms with Gasteiger partial charge in [0.2, 0.25) is 5.91 Å². The average molecular weight is 393 g/mol. The van der Waals surface area contributed by atoms with Crippen molar-refractivity contribution in [3.63, 3.8) is 0 Å². The molecule has 0 spiro atoms. The highest BCUT2D eigenvalue weighted by Crippen LogP contribution is 2.16. The maximum absolute atomic E-state index is 12.0. The topological polar surface area (TPSA) is 89.7 Å². The van der Waals surface area contributed by atoms with Crippen molar-refractivity contribution in [3.05, 3.63) is 24.3 Å². The van der Waals surface area contributed by atoms with Crippen LogP contribution in [0.3, 0.4) is 0 Å². The molecule has 0 fully saturated rings. The van der Waals surface area contributed by atoms with Crippen molar-refractivity contribution in [1.29, 1.82) is 0 Å². The summed E-state index contributed by atoms with van der Waals surface area (Å²) in [6.45, 7) is 5.00. The van der Waals surface area contributed by atoms with Crippen LogP contribution in [0.4, 0.5) is 0 Å². The van der Waals surface area contributed by atoms with Gasteiger partial charge in [-0.25, -0.2) is 8.42 Å². The Morgan fingerprint density at radius 1 is 1.24 bits per heavy atom. The van der Waals surface area contributed by atoms with Gasteiger partial charge >= 0.3 is 0 Å². The summed E-state index contributed by atoms with van der Waals surface area (Å²) in [7, 11) is -1.45. The Morgan fingerprint density at radius 2 is 1.80 bits per heavy atom. The third kappa shape index (κ3) is 8.56. The fraction of sp³-hybridized carbons (Fsp3) is 0.588. The molecule has 2 N–H and O–H groups in total. The lowest BCUT2D eigenvalue weighted by Crippen LogP contribution is -2.35. The molecule has 1 aromatic rings. The summed E-state index contributed by atoms with van der Waals surface area (Å²) in [5.41, 5.74) is 5.98. The molecule has 25 heavy (non-hydrogen) atoms. The van der Waals surface area contributed by atoms with Gasteiger partial charge in [0.25, 0.3) is 0 Å². The van der Waals surface area contributed by atoms with Crippen LogP contribution in [-0.4, -0.2) is 51.7 Å². The summed E-state index contributed by atoms with van der Waals surface area (Å²) >= 11 is 0. The van der Waals surface area contributed by atoms with E-state index < -0.39 is 9.84 Å². The summed E-state index contributed by atoms with van der Waals surface area (Å²) in [5.74, 6) is 0.935. The van der Waals surface area contributed by atoms with Gasteiger partial charge in [-0.1, -0.05) is 13.8 Å². The summed E-state index contributed by atoms with van der Waals surface area (Å²) in [5, 5.41) is 0. The minimum atomic E-state index is -3.21. The quantitative estimate of drug-likeness (QED) is 0.695. The van der Waals surface area contributed by atoms with E-state index in [-0.39, 0.29) is 42.3 Å². The molecule has 1 unspecified atom stereocenters. The molecule has 0 radical (unpaired) electrons. The number of rotatable bonds is 9. The zero-order valence-electron chi connectivity index (χ0n) is 15.3. The van der Waals surface area contributed by atoms with Gasteiger partial charge in [-0.15, -0.1) is 12.4 Å². The third-order valence-electron chi connectivity index (χ3n) is 3.92. The molecule has 144 valence electrons. The van der Waals surface area contributed by atoms with Crippen molar-refractivity contribution in [1.82, 2.24) is 4.90 Å². The number of nitrogens with two attached hydrogens (primary N) is 1. The Hall–Kier alpha value is -1.31. The number of halogens is 1. The first-order valence-electron chi connectivity index (χ1n) is 8.03. The fourth-order valence-corrected chi connectivity index (χ4v) is 2.66. The minimum absolute atomic E-state index is 0. The van der Waals surface area contributed by atoms with Gasteiger partial charge in [-0.05, 0) is 36.6 Å². The van der Waals surface area contributed by atoms with Gasteiger partial charge in [0.15, 0.2) is 9.84 Å². The second-order valence-electron chi connectivity index (χ2n) is 6.35. The molecule has 1 aromatic carbocycles. The second-order valence-corrected chi connectivity index (χ2v) is 8.37. The van der Waals surface area contributed by atoms with E-state index in [1.165, 1.54) is 12.1 Å². The molecule has 8 heteroatoms. The van der Waals surface area contributed by atoms with Crippen LogP contribution in [0.15, 0.2) is 29.2 Å². The molecule has 0 saturated heterocycles. The molecule has 0 aliphatic carbocycles. The lowest BCUT2D eigenvalue weighted by Gasteiger charge is -2.21. The normalized spacial score (nSPS) is 12.4. The predicted octanol–water partition coefficient (Wildman–Crippen LogP) is 2.11. The van der Waals surface area contributed by atoms with Crippen molar-refractivity contribution in [2.24, 2.45) is 11.7 Å². The number of amides is 1. The van der Waals surface area contributed by atoms with Gasteiger partial charge in [-0.2, -0.15) is 0 Å². The lowest BCUT2D eigenvalue weighted by atomic mass is 10.0. The van der Waals surface area contributed by atoms with E-state index in [9.17, 15) is 13.2 Å². The highest BCUT2D eigenvalue weighted by Gasteiger charge is 2.13. The number of benzene rings is 1. The molecule has 1 atom stereocenters. The van der Waals surface area contributed by atoms with Crippen LogP contribution < -0.4 is 10.5 Å². The molecule has 0 saturated carbocycles. The first-order chi connectivity index (χ1) is 11.1. The molecule has 1 rings (SSSR count). The van der Waals surface area contributed by atoms with E-state index in [0.29, 0.717) is 18.2 Å². The Kier molecular flexibility index (Phi) is 10.1. The van der Waals surface area contributed by atoms with Gasteiger partial charge < -0.3 is 15.4 Å². The predicted molar refractivity (Wildman–Crippen MR) is 102 cm³/mol. The summed E-state index contributed by atoms with van der Waals surface area (Å²) in [6.07, 6.45) is 2.19. The van der Waals surface area contributed by atoms with Gasteiger partial charge in [0.05, 0.1) is 17.9 Å². The maximum Gasteiger partial charge on any atom is 0.225 e. The summed E-state index contributed by atoms with van der Waals surface area (Å²) in [6, 6.07) is 6.25. The van der Waals surface area contributed by atoms with E-state index in [1.807, 2.05) is 0 Å². The summed E-state index contributed by atoms with van der Waals surface area (Å²) < 4.78 is 28.2. The van der Waals surface area contributed by atoms with Crippen molar-refractivity contribution >= 4 is 28.2 Å². The van der Waals surface area contributed by atoms with E-state index in [0.717, 1.165) is 12.7 Å². The van der Waals surface area contributed by atoms with Crippen molar-refractivity contribution in [3.8, 4) is 5.75 Å². The average Bonchev–Trinajstić information content (AvgIpc) is 2.51. The molecular weight excluding hydrogens is 364 g/mol. The zero-order valence-corrected chi connectivity index (χ0v) is 16.9. The Bertz CT molecular complexity index is 633. The van der Waals surface area contributed by atoms with E-state index in [2.05, 4.69) is 13.8 Å². The van der Waals surface area contributed by atoms with E-state index >= 15 is 0 Å². The smallest absolute Gasteiger partial charge is 0.225 e. The molecule has 0 aromatic heterocycles. The van der Waals surface area contributed by atoms with Crippen LogP contribution in [-0.2, 0) is 14.6 Å². The molecule has 6 nitrogen and oxygen atoms in total. The SMILES string of the molecule is CC(C)C(N)CCN(C)C(=O)CCOc1ccc(S(C)(=O)=O)cc1.Cl. The largest absolute Gasteiger partial charge is 0.493 e. The number of carbonyl (C=O) groups is 1. The lowest BCUT2D eigenvalue weighted by molar-refractivity contribution is -0.130. The monoisotopic (exact) mass is 392 g/mol. The zero-order chi connectivity index (χ0) is 18.3. The van der Waals surface area contributed by atoms with Crippen molar-refractivity contribution in [2.75, 3.05) is 26.5 Å². The first-order valence-corrected chi connectivity index (χ1v) is 9.93. The van der Waals surface area contributed by atoms with Crippen molar-refractivity contribution < 1.29 is 17.9 Å². The fourth-order valence-electron chi connectivity index (χ4n) is 2.03. The van der Waals surface area contributed by atoms with Crippen LogP contribution >= 0.6 is 12.4 Å². The third-order valence-corrected chi connectivity index (χ3v) is 5.04. The van der Waals surface area contributed by atoms with Crippen LogP contribution in [0.5, 0.6) is 5.75 Å². The minimum Gasteiger partial charge on any atom is -0.493 e. The number of ether oxygens (including phenoxy) is 1. The van der Waals surface area contributed by atoms with Crippen LogP contribution in [0.25, 0.3) is 0 Å². The highest BCUT2D eigenvalue weighted by molar-refractivity contribution is 7.90. The Balaban J connectivity index is 0.00000576. The number of carbonyl (C=O) groups excluding carboxylic acids is 1. The van der Waals surface area contributed by atoms with Crippen LogP contribution in [0, 0.1) is 5.92 Å². The Morgan fingerprint density at radius 3 is 2.28 bits per heavy atom. The van der Waals surface area contributed by atoms with Crippen LogP contribution in [0.2, 0.25) is 0 Å². The number of nitrogens with zero attached hydrogens (tertiary/aromatic N) is 1. The Labute approximate surface area is 157 Å². The molecule has 0 heterocycles. The van der Waals surface area contributed by atoms with Gasteiger partial charge in [0, 0.05) is 25.9 Å². The van der Waals surface area contributed by atoms with E-state index in [4.69, 9.17) is 10.5 Å². The molecule has 1 amide bonds. The highest BCUT2D eigenvalue weighted by atomic mass is 35.5. The molecule has 0 aliphatic heterocycles. The molecule has 0 aliphatic rings. The number of hydrogen-bond donors (Lipinski definition) is 1. The standard InChI is InChI=1S/C17H28N2O4S.ClH/c1-13(2)16(18)9-11-19(3)17(20)10-12-23-14-5-7-15(8-6-14)24(4,21)22;/h5-8,13,16H,9-12,18H2,1-4H3;1H. The maximum atomic E-state index is 12.0. The van der Waals surface area contributed by atoms with Gasteiger partial charge in [0.1, 0.15) is 5.75 Å². The number of hydrogen-bond acceptors (Lipinski definition) is 5. The van der Waals surface area contributed by atoms with Gasteiger partial charge in [-0.3, -0.25) is 4.79 Å².